The monoisotopic (exact) mass is 580 g/mol. The minimum atomic E-state index is -0.468. The lowest BCUT2D eigenvalue weighted by atomic mass is 9.74. The number of methoxy groups -OCH3 is 2. The van der Waals surface area contributed by atoms with E-state index in [1.54, 1.807) is 0 Å². The summed E-state index contributed by atoms with van der Waals surface area (Å²) in [5.41, 5.74) is 2.04. The molecule has 4 aliphatic rings. The van der Waals surface area contributed by atoms with Crippen LogP contribution in [0.25, 0.3) is 0 Å². The molecule has 0 radical (unpaired) electrons. The van der Waals surface area contributed by atoms with Crippen LogP contribution in [0.4, 0.5) is 0 Å². The van der Waals surface area contributed by atoms with E-state index in [2.05, 4.69) is 0 Å². The molecule has 4 atom stereocenters. The summed E-state index contributed by atoms with van der Waals surface area (Å²) in [4.78, 5) is 24.6. The van der Waals surface area contributed by atoms with Gasteiger partial charge in [-0.15, -0.1) is 0 Å². The Kier molecular flexibility index (Phi) is 10.3. The first-order valence-electron chi connectivity index (χ1n) is 15.3. The molecule has 2 spiro atoms. The van der Waals surface area contributed by atoms with Gasteiger partial charge in [-0.2, -0.15) is 0 Å². The van der Waals surface area contributed by atoms with Crippen molar-refractivity contribution in [3.63, 3.8) is 0 Å². The predicted octanol–water partition coefficient (Wildman–Crippen LogP) is 5.75. The molecule has 42 heavy (non-hydrogen) atoms. The second-order valence-corrected chi connectivity index (χ2v) is 11.8. The highest BCUT2D eigenvalue weighted by atomic mass is 16.7. The molecule has 2 aliphatic carbocycles. The normalized spacial score (nSPS) is 25.7. The Hall–Kier alpha value is -2.78. The van der Waals surface area contributed by atoms with E-state index in [1.165, 1.54) is 14.2 Å². The summed E-state index contributed by atoms with van der Waals surface area (Å²) in [5.74, 6) is -1.34. The van der Waals surface area contributed by atoms with Crippen molar-refractivity contribution in [2.75, 3.05) is 40.6 Å². The molecule has 1 unspecified atom stereocenters. The van der Waals surface area contributed by atoms with Crippen LogP contribution in [0.2, 0.25) is 0 Å². The summed E-state index contributed by atoms with van der Waals surface area (Å²) < 4.78 is 33.4. The average Bonchev–Trinajstić information content (AvgIpc) is 3.68. The quantitative estimate of drug-likeness (QED) is 0.399. The second kappa shape index (κ2) is 14.1. The Labute approximate surface area is 249 Å². The third-order valence-corrected chi connectivity index (χ3v) is 9.21. The van der Waals surface area contributed by atoms with Gasteiger partial charge in [0.1, 0.15) is 0 Å². The molecule has 0 aromatic heterocycles. The fourth-order valence-electron chi connectivity index (χ4n) is 7.34. The third kappa shape index (κ3) is 7.05. The molecule has 0 amide bonds. The first-order valence-corrected chi connectivity index (χ1v) is 15.3. The summed E-state index contributed by atoms with van der Waals surface area (Å²) >= 11 is 0. The zero-order chi connectivity index (χ0) is 29.4. The van der Waals surface area contributed by atoms with Gasteiger partial charge in [-0.3, -0.25) is 9.59 Å². The summed E-state index contributed by atoms with van der Waals surface area (Å²) in [6.07, 6.45) is 7.42. The van der Waals surface area contributed by atoms with E-state index in [0.717, 1.165) is 62.5 Å². The summed E-state index contributed by atoms with van der Waals surface area (Å²) in [5, 5.41) is 0. The van der Waals surface area contributed by atoms with Crippen LogP contribution >= 0.6 is 0 Å². The van der Waals surface area contributed by atoms with Crippen LogP contribution in [0.1, 0.15) is 74.3 Å². The lowest BCUT2D eigenvalue weighted by Gasteiger charge is -2.38. The van der Waals surface area contributed by atoms with Gasteiger partial charge in [0.15, 0.2) is 11.6 Å². The molecule has 8 nitrogen and oxygen atoms in total. The zero-order valence-electron chi connectivity index (χ0n) is 24.8. The molecule has 2 aromatic carbocycles. The number of benzene rings is 2. The average molecular weight is 581 g/mol. The van der Waals surface area contributed by atoms with Crippen LogP contribution in [0.5, 0.6) is 0 Å². The van der Waals surface area contributed by atoms with Gasteiger partial charge in [0, 0.05) is 25.7 Å². The van der Waals surface area contributed by atoms with Crippen molar-refractivity contribution in [3.05, 3.63) is 71.8 Å². The van der Waals surface area contributed by atoms with Gasteiger partial charge in [0.05, 0.1) is 52.5 Å². The van der Waals surface area contributed by atoms with Crippen LogP contribution in [-0.2, 0) is 38.0 Å². The molecule has 8 heteroatoms. The number of rotatable bonds is 6. The van der Waals surface area contributed by atoms with Gasteiger partial charge >= 0.3 is 11.9 Å². The number of hydrogen-bond donors (Lipinski definition) is 0. The SMILES string of the molecule is COC(=O)[C@@H](c1ccccc1)C1CCCC2(C1)OCCO2.COC(=O)[C@@H](c1ccccc1)[C@@H]1CCCC2(C1)OCCO2. The fourth-order valence-corrected chi connectivity index (χ4v) is 7.34. The van der Waals surface area contributed by atoms with E-state index < -0.39 is 11.6 Å². The smallest absolute Gasteiger partial charge is 0.313 e. The molecule has 228 valence electrons. The third-order valence-electron chi connectivity index (χ3n) is 9.21. The Balaban J connectivity index is 0.000000168. The van der Waals surface area contributed by atoms with Gasteiger partial charge in [-0.25, -0.2) is 0 Å². The molecule has 2 heterocycles. The maximum absolute atomic E-state index is 12.3. The second-order valence-electron chi connectivity index (χ2n) is 11.8. The highest BCUT2D eigenvalue weighted by Gasteiger charge is 2.46. The van der Waals surface area contributed by atoms with Crippen molar-refractivity contribution in [3.8, 4) is 0 Å². The van der Waals surface area contributed by atoms with Gasteiger partial charge in [0.25, 0.3) is 0 Å². The van der Waals surface area contributed by atoms with Crippen LogP contribution < -0.4 is 0 Å². The maximum atomic E-state index is 12.3. The Morgan fingerprint density at radius 1 is 0.643 bits per heavy atom. The minimum absolute atomic E-state index is 0.166. The van der Waals surface area contributed by atoms with Crippen LogP contribution in [0.15, 0.2) is 60.7 Å². The Morgan fingerprint density at radius 2 is 1.00 bits per heavy atom. The molecule has 0 N–H and O–H groups in total. The van der Waals surface area contributed by atoms with E-state index in [0.29, 0.717) is 26.4 Å². The number of ether oxygens (including phenoxy) is 6. The largest absolute Gasteiger partial charge is 0.469 e. The highest BCUT2D eigenvalue weighted by Crippen LogP contribution is 2.46. The van der Waals surface area contributed by atoms with Crippen molar-refractivity contribution in [2.24, 2.45) is 11.8 Å². The molecular weight excluding hydrogens is 536 g/mol. The number of esters is 2. The molecule has 2 saturated heterocycles. The van der Waals surface area contributed by atoms with Crippen molar-refractivity contribution < 1.29 is 38.0 Å². The van der Waals surface area contributed by atoms with Crippen LogP contribution in [0, 0.1) is 11.8 Å². The van der Waals surface area contributed by atoms with Gasteiger partial charge < -0.3 is 28.4 Å². The lowest BCUT2D eigenvalue weighted by molar-refractivity contribution is -0.191. The Morgan fingerprint density at radius 3 is 1.33 bits per heavy atom. The number of carbonyl (C=O) groups is 2. The molecule has 0 bridgehead atoms. The molecule has 2 aromatic rings. The standard InChI is InChI=1S/2C17H22O4/c2*1-19-16(18)15(13-6-3-2-4-7-13)14-8-5-9-17(12-14)20-10-11-21-17/h2*2-4,6-7,14-15H,5,8-12H2,1H3/t14?,15-;14-,15+/m01/s1. The van der Waals surface area contributed by atoms with Crippen molar-refractivity contribution in [2.45, 2.75) is 74.8 Å². The topological polar surface area (TPSA) is 89.5 Å². The zero-order valence-corrected chi connectivity index (χ0v) is 24.8. The van der Waals surface area contributed by atoms with E-state index >= 15 is 0 Å². The number of carbonyl (C=O) groups excluding carboxylic acids is 2. The lowest BCUT2D eigenvalue weighted by Crippen LogP contribution is -2.39. The van der Waals surface area contributed by atoms with Gasteiger partial charge in [-0.05, 0) is 48.6 Å². The van der Waals surface area contributed by atoms with E-state index in [1.807, 2.05) is 60.7 Å². The summed E-state index contributed by atoms with van der Waals surface area (Å²) in [7, 11) is 2.92. The van der Waals surface area contributed by atoms with Gasteiger partial charge in [-0.1, -0.05) is 60.7 Å². The highest BCUT2D eigenvalue weighted by molar-refractivity contribution is 5.79. The fraction of sp³-hybridized carbons (Fsp3) is 0.588. The van der Waals surface area contributed by atoms with Crippen molar-refractivity contribution in [1.82, 2.24) is 0 Å². The minimum Gasteiger partial charge on any atom is -0.469 e. The molecular formula is C34H44O8. The van der Waals surface area contributed by atoms with E-state index in [4.69, 9.17) is 28.4 Å². The predicted molar refractivity (Wildman–Crippen MR) is 156 cm³/mol. The number of hydrogen-bond acceptors (Lipinski definition) is 8. The Bertz CT molecular complexity index is 1050. The summed E-state index contributed by atoms with van der Waals surface area (Å²) in [6, 6.07) is 19.8. The van der Waals surface area contributed by atoms with Crippen LogP contribution in [0.3, 0.4) is 0 Å². The van der Waals surface area contributed by atoms with E-state index in [9.17, 15) is 9.59 Å². The summed E-state index contributed by atoms with van der Waals surface area (Å²) in [6.45, 7) is 2.61. The first kappa shape index (κ1) is 30.7. The molecule has 2 aliphatic heterocycles. The molecule has 6 rings (SSSR count). The maximum Gasteiger partial charge on any atom is 0.313 e. The van der Waals surface area contributed by atoms with Crippen molar-refractivity contribution in [1.29, 1.82) is 0 Å². The first-order chi connectivity index (χ1) is 20.5. The molecule has 2 saturated carbocycles. The van der Waals surface area contributed by atoms with Crippen LogP contribution in [-0.4, -0.2) is 64.2 Å². The molecule has 4 fully saturated rings. The van der Waals surface area contributed by atoms with E-state index in [-0.39, 0.29) is 35.6 Å². The van der Waals surface area contributed by atoms with Crippen molar-refractivity contribution >= 4 is 11.9 Å². The van der Waals surface area contributed by atoms with Gasteiger partial charge in [0.2, 0.25) is 0 Å².